The Morgan fingerprint density at radius 3 is 2.78 bits per heavy atom. The zero-order chi connectivity index (χ0) is 19.4. The third-order valence-corrected chi connectivity index (χ3v) is 4.37. The summed E-state index contributed by atoms with van der Waals surface area (Å²) in [6, 6.07) is 3.83. The van der Waals surface area contributed by atoms with E-state index in [2.05, 4.69) is 10.1 Å². The van der Waals surface area contributed by atoms with E-state index in [1.165, 1.54) is 0 Å². The fourth-order valence-electron chi connectivity index (χ4n) is 3.06. The molecule has 0 saturated heterocycles. The number of ether oxygens (including phenoxy) is 2. The molecule has 8 heteroatoms. The van der Waals surface area contributed by atoms with Crippen LogP contribution in [0.15, 0.2) is 36.9 Å². The van der Waals surface area contributed by atoms with Crippen LogP contribution in [0.2, 0.25) is 0 Å². The van der Waals surface area contributed by atoms with E-state index in [-0.39, 0.29) is 5.91 Å². The molecule has 0 aliphatic carbocycles. The van der Waals surface area contributed by atoms with Crippen molar-refractivity contribution < 1.29 is 14.3 Å². The molecule has 0 fully saturated rings. The molecular formula is C19H23N5O3. The van der Waals surface area contributed by atoms with Gasteiger partial charge in [-0.15, -0.1) is 0 Å². The van der Waals surface area contributed by atoms with Gasteiger partial charge >= 0.3 is 0 Å². The lowest BCUT2D eigenvalue weighted by molar-refractivity contribution is -0.118. The summed E-state index contributed by atoms with van der Waals surface area (Å²) in [6.45, 7) is 2.57. The molecule has 0 atom stereocenters. The smallest absolute Gasteiger partial charge is 0.217 e. The van der Waals surface area contributed by atoms with Crippen molar-refractivity contribution in [3.8, 4) is 28.6 Å². The molecule has 0 spiro atoms. The van der Waals surface area contributed by atoms with Crippen LogP contribution in [0.1, 0.15) is 18.4 Å². The van der Waals surface area contributed by atoms with E-state index in [4.69, 9.17) is 15.2 Å². The second-order valence-electron chi connectivity index (χ2n) is 6.13. The number of hydrogen-bond acceptors (Lipinski definition) is 5. The van der Waals surface area contributed by atoms with E-state index in [0.29, 0.717) is 19.4 Å². The minimum Gasteiger partial charge on any atom is -0.496 e. The number of hydrogen-bond donors (Lipinski definition) is 1. The number of aryl methyl sites for hydroxylation is 1. The Labute approximate surface area is 157 Å². The number of primary amides is 1. The number of imidazole rings is 1. The van der Waals surface area contributed by atoms with Gasteiger partial charge < -0.3 is 15.2 Å². The van der Waals surface area contributed by atoms with Crippen LogP contribution in [-0.4, -0.2) is 39.5 Å². The van der Waals surface area contributed by atoms with Crippen LogP contribution in [0.4, 0.5) is 0 Å². The molecule has 142 valence electrons. The second kappa shape index (κ2) is 7.94. The highest BCUT2D eigenvalue weighted by Crippen LogP contribution is 2.37. The average molecular weight is 369 g/mol. The first-order valence-electron chi connectivity index (χ1n) is 8.61. The number of carbonyl (C=O) groups excluding carboxylic acids is 1. The summed E-state index contributed by atoms with van der Waals surface area (Å²) in [6.07, 6.45) is 8.28. The molecule has 0 saturated carbocycles. The van der Waals surface area contributed by atoms with E-state index >= 15 is 0 Å². The minimum atomic E-state index is -0.304. The van der Waals surface area contributed by atoms with Crippen molar-refractivity contribution >= 4 is 5.91 Å². The standard InChI is InChI=1S/C19H23N5O3/c1-13-16(26-2)7-6-15(18(13)27-3)19-21-8-10-24(19)14-11-22-23(12-14)9-4-5-17(20)25/h6-8,10-12H,4-5,9H2,1-3H3,(H2,20,25). The SMILES string of the molecule is COc1ccc(-c2nccn2-c2cnn(CCCC(N)=O)c2)c(OC)c1C. The molecule has 0 unspecified atom stereocenters. The van der Waals surface area contributed by atoms with Crippen LogP contribution in [0.25, 0.3) is 17.1 Å². The maximum absolute atomic E-state index is 10.9. The number of aromatic nitrogens is 4. The normalized spacial score (nSPS) is 10.8. The highest BCUT2D eigenvalue weighted by molar-refractivity contribution is 5.73. The fourth-order valence-corrected chi connectivity index (χ4v) is 3.06. The van der Waals surface area contributed by atoms with Gasteiger partial charge in [-0.25, -0.2) is 4.98 Å². The van der Waals surface area contributed by atoms with Gasteiger partial charge in [-0.3, -0.25) is 14.0 Å². The lowest BCUT2D eigenvalue weighted by Crippen LogP contribution is -2.11. The van der Waals surface area contributed by atoms with Gasteiger partial charge in [-0.1, -0.05) is 0 Å². The predicted octanol–water partition coefficient (Wildman–Crippen LogP) is 2.33. The van der Waals surface area contributed by atoms with Gasteiger partial charge in [0, 0.05) is 37.1 Å². The molecule has 0 radical (unpaired) electrons. The summed E-state index contributed by atoms with van der Waals surface area (Å²) < 4.78 is 14.7. The Balaban J connectivity index is 1.92. The van der Waals surface area contributed by atoms with E-state index in [1.54, 1.807) is 31.3 Å². The molecule has 0 aliphatic heterocycles. The van der Waals surface area contributed by atoms with Crippen LogP contribution >= 0.6 is 0 Å². The van der Waals surface area contributed by atoms with Crippen molar-refractivity contribution in [3.05, 3.63) is 42.5 Å². The van der Waals surface area contributed by atoms with E-state index in [9.17, 15) is 4.79 Å². The molecule has 0 bridgehead atoms. The first kappa shape index (κ1) is 18.5. The molecule has 1 amide bonds. The lowest BCUT2D eigenvalue weighted by atomic mass is 10.1. The number of amides is 1. The number of methoxy groups -OCH3 is 2. The van der Waals surface area contributed by atoms with Gasteiger partial charge in [0.1, 0.15) is 17.3 Å². The number of benzene rings is 1. The van der Waals surface area contributed by atoms with Crippen LogP contribution in [0.5, 0.6) is 11.5 Å². The highest BCUT2D eigenvalue weighted by atomic mass is 16.5. The molecule has 2 aromatic heterocycles. The number of rotatable bonds is 8. The Bertz CT molecular complexity index is 945. The molecule has 0 aliphatic rings. The molecular weight excluding hydrogens is 346 g/mol. The van der Waals surface area contributed by atoms with Crippen LogP contribution in [0, 0.1) is 6.92 Å². The predicted molar refractivity (Wildman–Crippen MR) is 101 cm³/mol. The van der Waals surface area contributed by atoms with Crippen LogP contribution < -0.4 is 15.2 Å². The zero-order valence-corrected chi connectivity index (χ0v) is 15.7. The molecule has 2 heterocycles. The molecule has 8 nitrogen and oxygen atoms in total. The second-order valence-corrected chi connectivity index (χ2v) is 6.13. The third kappa shape index (κ3) is 3.79. The topological polar surface area (TPSA) is 97.2 Å². The first-order chi connectivity index (χ1) is 13.0. The van der Waals surface area contributed by atoms with Crippen LogP contribution in [-0.2, 0) is 11.3 Å². The first-order valence-corrected chi connectivity index (χ1v) is 8.61. The maximum atomic E-state index is 10.9. The summed E-state index contributed by atoms with van der Waals surface area (Å²) in [7, 11) is 3.27. The monoisotopic (exact) mass is 369 g/mol. The van der Waals surface area contributed by atoms with Gasteiger partial charge in [0.2, 0.25) is 5.91 Å². The number of nitrogens with zero attached hydrogens (tertiary/aromatic N) is 4. The van der Waals surface area contributed by atoms with Crippen LogP contribution in [0.3, 0.4) is 0 Å². The summed E-state index contributed by atoms with van der Waals surface area (Å²) >= 11 is 0. The largest absolute Gasteiger partial charge is 0.496 e. The fraction of sp³-hybridized carbons (Fsp3) is 0.316. The number of nitrogens with two attached hydrogens (primary N) is 1. The summed E-state index contributed by atoms with van der Waals surface area (Å²) in [5.74, 6) is 1.92. The molecule has 3 aromatic rings. The van der Waals surface area contributed by atoms with Gasteiger partial charge in [-0.05, 0) is 25.5 Å². The lowest BCUT2D eigenvalue weighted by Gasteiger charge is -2.15. The Morgan fingerprint density at radius 1 is 1.26 bits per heavy atom. The zero-order valence-electron chi connectivity index (χ0n) is 15.7. The van der Waals surface area contributed by atoms with E-state index in [0.717, 1.165) is 34.1 Å². The van der Waals surface area contributed by atoms with Crippen molar-refractivity contribution in [2.24, 2.45) is 5.73 Å². The molecule has 1 aromatic carbocycles. The molecule has 2 N–H and O–H groups in total. The third-order valence-electron chi connectivity index (χ3n) is 4.37. The minimum absolute atomic E-state index is 0.304. The summed E-state index contributed by atoms with van der Waals surface area (Å²) in [4.78, 5) is 15.4. The maximum Gasteiger partial charge on any atom is 0.217 e. The Hall–Kier alpha value is -3.29. The van der Waals surface area contributed by atoms with Gasteiger partial charge in [0.25, 0.3) is 0 Å². The highest BCUT2D eigenvalue weighted by Gasteiger charge is 2.18. The Morgan fingerprint density at radius 2 is 2.07 bits per heavy atom. The van der Waals surface area contributed by atoms with Gasteiger partial charge in [0.15, 0.2) is 0 Å². The molecule has 27 heavy (non-hydrogen) atoms. The van der Waals surface area contributed by atoms with Crippen molar-refractivity contribution in [1.82, 2.24) is 19.3 Å². The van der Waals surface area contributed by atoms with Gasteiger partial charge in [-0.2, -0.15) is 5.10 Å². The van der Waals surface area contributed by atoms with Crippen molar-refractivity contribution in [2.45, 2.75) is 26.3 Å². The summed E-state index contributed by atoms with van der Waals surface area (Å²) in [5, 5.41) is 4.36. The molecule has 3 rings (SSSR count). The summed E-state index contributed by atoms with van der Waals surface area (Å²) in [5.41, 5.74) is 7.83. The average Bonchev–Trinajstić information content (AvgIpc) is 3.30. The quantitative estimate of drug-likeness (QED) is 0.657. The van der Waals surface area contributed by atoms with Crippen molar-refractivity contribution in [1.29, 1.82) is 0 Å². The van der Waals surface area contributed by atoms with Crippen molar-refractivity contribution in [3.63, 3.8) is 0 Å². The number of carbonyl (C=O) groups is 1. The van der Waals surface area contributed by atoms with Gasteiger partial charge in [0.05, 0.1) is 31.7 Å². The van der Waals surface area contributed by atoms with E-state index in [1.807, 2.05) is 36.0 Å². The van der Waals surface area contributed by atoms with E-state index < -0.39 is 0 Å². The van der Waals surface area contributed by atoms with Crippen molar-refractivity contribution in [2.75, 3.05) is 14.2 Å². The Kier molecular flexibility index (Phi) is 5.44.